The standard InChI is InChI=1S/C18H23N3O3/c1-12(8-17(22)23)10-19-18(24)16-6-4-15(5-7-16)11-21-14(3)9-13(2)20-21/h4-7,9,12H,8,10-11H2,1-3H3,(H,19,24)(H,22,23). The second-order valence-electron chi connectivity index (χ2n) is 6.19. The first-order valence-electron chi connectivity index (χ1n) is 7.95. The van der Waals surface area contributed by atoms with Gasteiger partial charge in [-0.3, -0.25) is 14.3 Å². The molecule has 2 aromatic rings. The highest BCUT2D eigenvalue weighted by molar-refractivity contribution is 5.94. The van der Waals surface area contributed by atoms with Crippen molar-refractivity contribution in [3.05, 3.63) is 52.8 Å². The van der Waals surface area contributed by atoms with Crippen LogP contribution in [-0.2, 0) is 11.3 Å². The van der Waals surface area contributed by atoms with Crippen LogP contribution >= 0.6 is 0 Å². The molecule has 6 heteroatoms. The zero-order valence-electron chi connectivity index (χ0n) is 14.2. The molecular formula is C18H23N3O3. The molecule has 0 aliphatic carbocycles. The fourth-order valence-electron chi connectivity index (χ4n) is 2.51. The average molecular weight is 329 g/mol. The fraction of sp³-hybridized carbons (Fsp3) is 0.389. The van der Waals surface area contributed by atoms with E-state index in [0.717, 1.165) is 17.0 Å². The summed E-state index contributed by atoms with van der Waals surface area (Å²) in [5.41, 5.74) is 3.72. The number of benzene rings is 1. The van der Waals surface area contributed by atoms with Gasteiger partial charge in [0.1, 0.15) is 0 Å². The molecule has 0 aliphatic heterocycles. The van der Waals surface area contributed by atoms with Crippen LogP contribution in [0.1, 0.15) is 40.7 Å². The first-order valence-corrected chi connectivity index (χ1v) is 7.95. The highest BCUT2D eigenvalue weighted by atomic mass is 16.4. The molecule has 1 atom stereocenters. The Labute approximate surface area is 141 Å². The van der Waals surface area contributed by atoms with E-state index in [-0.39, 0.29) is 18.2 Å². The summed E-state index contributed by atoms with van der Waals surface area (Å²) in [7, 11) is 0. The van der Waals surface area contributed by atoms with Crippen LogP contribution in [0.5, 0.6) is 0 Å². The molecule has 0 spiro atoms. The summed E-state index contributed by atoms with van der Waals surface area (Å²) in [4.78, 5) is 22.7. The van der Waals surface area contributed by atoms with Crippen molar-refractivity contribution >= 4 is 11.9 Å². The van der Waals surface area contributed by atoms with Gasteiger partial charge >= 0.3 is 5.97 Å². The average Bonchev–Trinajstić information content (AvgIpc) is 2.82. The van der Waals surface area contributed by atoms with Crippen molar-refractivity contribution in [3.8, 4) is 0 Å². The quantitative estimate of drug-likeness (QED) is 0.817. The molecule has 0 aliphatic rings. The van der Waals surface area contributed by atoms with E-state index in [1.54, 1.807) is 19.1 Å². The lowest BCUT2D eigenvalue weighted by Gasteiger charge is -2.11. The minimum Gasteiger partial charge on any atom is -0.481 e. The normalized spacial score (nSPS) is 12.0. The predicted molar refractivity (Wildman–Crippen MR) is 91.0 cm³/mol. The zero-order valence-corrected chi connectivity index (χ0v) is 14.2. The monoisotopic (exact) mass is 329 g/mol. The van der Waals surface area contributed by atoms with Crippen molar-refractivity contribution in [2.45, 2.75) is 33.7 Å². The number of nitrogens with zero attached hydrogens (tertiary/aromatic N) is 2. The smallest absolute Gasteiger partial charge is 0.303 e. The molecular weight excluding hydrogens is 306 g/mol. The van der Waals surface area contributed by atoms with Crippen molar-refractivity contribution in [3.63, 3.8) is 0 Å². The van der Waals surface area contributed by atoms with Gasteiger partial charge in [0.2, 0.25) is 0 Å². The number of carbonyl (C=O) groups is 2. The summed E-state index contributed by atoms with van der Waals surface area (Å²) >= 11 is 0. The van der Waals surface area contributed by atoms with Gasteiger partial charge < -0.3 is 10.4 Å². The third-order valence-corrected chi connectivity index (χ3v) is 3.79. The largest absolute Gasteiger partial charge is 0.481 e. The number of amides is 1. The van der Waals surface area contributed by atoms with Crippen LogP contribution < -0.4 is 5.32 Å². The van der Waals surface area contributed by atoms with E-state index >= 15 is 0 Å². The summed E-state index contributed by atoms with van der Waals surface area (Å²) in [5, 5.41) is 15.9. The van der Waals surface area contributed by atoms with Gasteiger partial charge in [0.05, 0.1) is 12.2 Å². The van der Waals surface area contributed by atoms with Crippen molar-refractivity contribution in [1.29, 1.82) is 0 Å². The molecule has 1 aromatic carbocycles. The Morgan fingerprint density at radius 3 is 2.46 bits per heavy atom. The number of hydrogen-bond acceptors (Lipinski definition) is 3. The van der Waals surface area contributed by atoms with Crippen molar-refractivity contribution in [1.82, 2.24) is 15.1 Å². The molecule has 24 heavy (non-hydrogen) atoms. The third kappa shape index (κ3) is 4.94. The molecule has 6 nitrogen and oxygen atoms in total. The molecule has 0 saturated carbocycles. The van der Waals surface area contributed by atoms with Crippen molar-refractivity contribution in [2.24, 2.45) is 5.92 Å². The van der Waals surface area contributed by atoms with Gasteiger partial charge in [0.25, 0.3) is 5.91 Å². The first kappa shape index (κ1) is 17.7. The molecule has 1 amide bonds. The lowest BCUT2D eigenvalue weighted by atomic mass is 10.1. The number of carboxylic acids is 1. The topological polar surface area (TPSA) is 84.2 Å². The SMILES string of the molecule is Cc1cc(C)n(Cc2ccc(C(=O)NCC(C)CC(=O)O)cc2)n1. The second-order valence-corrected chi connectivity index (χ2v) is 6.19. The summed E-state index contributed by atoms with van der Waals surface area (Å²) in [5.74, 6) is -1.15. The lowest BCUT2D eigenvalue weighted by molar-refractivity contribution is -0.137. The van der Waals surface area contributed by atoms with Crippen LogP contribution in [0.4, 0.5) is 0 Å². The Morgan fingerprint density at radius 1 is 1.25 bits per heavy atom. The van der Waals surface area contributed by atoms with Crippen LogP contribution in [0.3, 0.4) is 0 Å². The number of aliphatic carboxylic acids is 1. The molecule has 1 aromatic heterocycles. The molecule has 2 rings (SSSR count). The molecule has 0 radical (unpaired) electrons. The Hall–Kier alpha value is -2.63. The highest BCUT2D eigenvalue weighted by Gasteiger charge is 2.11. The van der Waals surface area contributed by atoms with Crippen LogP contribution in [0.15, 0.2) is 30.3 Å². The van der Waals surface area contributed by atoms with Gasteiger partial charge in [-0.1, -0.05) is 19.1 Å². The Kier molecular flexibility index (Phi) is 5.73. The van der Waals surface area contributed by atoms with Gasteiger partial charge in [-0.15, -0.1) is 0 Å². The van der Waals surface area contributed by atoms with E-state index < -0.39 is 5.97 Å². The van der Waals surface area contributed by atoms with Gasteiger partial charge in [-0.05, 0) is 43.5 Å². The maximum atomic E-state index is 12.1. The third-order valence-electron chi connectivity index (χ3n) is 3.79. The zero-order chi connectivity index (χ0) is 17.7. The maximum absolute atomic E-state index is 12.1. The Morgan fingerprint density at radius 2 is 1.92 bits per heavy atom. The Bertz CT molecular complexity index is 720. The molecule has 0 saturated heterocycles. The number of aryl methyl sites for hydroxylation is 2. The number of nitrogens with one attached hydrogen (secondary N) is 1. The van der Waals surface area contributed by atoms with Crippen LogP contribution in [0.2, 0.25) is 0 Å². The van der Waals surface area contributed by atoms with Gasteiger partial charge in [0, 0.05) is 24.2 Å². The first-order chi connectivity index (χ1) is 11.3. The van der Waals surface area contributed by atoms with E-state index in [1.807, 2.05) is 36.7 Å². The Balaban J connectivity index is 1.92. The summed E-state index contributed by atoms with van der Waals surface area (Å²) in [6.07, 6.45) is 0.0435. The second kappa shape index (κ2) is 7.77. The van der Waals surface area contributed by atoms with Crippen LogP contribution in [-0.4, -0.2) is 33.3 Å². The number of carbonyl (C=O) groups excluding carboxylic acids is 1. The van der Waals surface area contributed by atoms with Crippen LogP contribution in [0, 0.1) is 19.8 Å². The van der Waals surface area contributed by atoms with E-state index in [4.69, 9.17) is 5.11 Å². The summed E-state index contributed by atoms with van der Waals surface area (Å²) in [6.45, 7) is 6.78. The summed E-state index contributed by atoms with van der Waals surface area (Å²) in [6, 6.07) is 9.40. The van der Waals surface area contributed by atoms with E-state index in [1.165, 1.54) is 0 Å². The molecule has 1 heterocycles. The van der Waals surface area contributed by atoms with E-state index in [0.29, 0.717) is 18.7 Å². The van der Waals surface area contributed by atoms with Gasteiger partial charge in [0.15, 0.2) is 0 Å². The lowest BCUT2D eigenvalue weighted by Crippen LogP contribution is -2.29. The van der Waals surface area contributed by atoms with Gasteiger partial charge in [-0.2, -0.15) is 5.10 Å². The number of carboxylic acid groups (broad SMARTS) is 1. The molecule has 0 bridgehead atoms. The van der Waals surface area contributed by atoms with Gasteiger partial charge in [-0.25, -0.2) is 0 Å². The number of rotatable bonds is 7. The number of hydrogen-bond donors (Lipinski definition) is 2. The predicted octanol–water partition coefficient (Wildman–Crippen LogP) is 2.39. The van der Waals surface area contributed by atoms with Crippen LogP contribution in [0.25, 0.3) is 0 Å². The molecule has 128 valence electrons. The minimum absolute atomic E-state index is 0.0435. The van der Waals surface area contributed by atoms with E-state index in [2.05, 4.69) is 10.4 Å². The van der Waals surface area contributed by atoms with E-state index in [9.17, 15) is 9.59 Å². The maximum Gasteiger partial charge on any atom is 0.303 e. The highest BCUT2D eigenvalue weighted by Crippen LogP contribution is 2.09. The minimum atomic E-state index is -0.856. The fourth-order valence-corrected chi connectivity index (χ4v) is 2.51. The van der Waals surface area contributed by atoms with Crippen molar-refractivity contribution in [2.75, 3.05) is 6.54 Å². The number of aromatic nitrogens is 2. The summed E-state index contributed by atoms with van der Waals surface area (Å²) < 4.78 is 1.93. The molecule has 2 N–H and O–H groups in total. The van der Waals surface area contributed by atoms with Crippen molar-refractivity contribution < 1.29 is 14.7 Å². The molecule has 1 unspecified atom stereocenters. The molecule has 0 fully saturated rings.